The van der Waals surface area contributed by atoms with E-state index in [-0.39, 0.29) is 12.0 Å². The Labute approximate surface area is 115 Å². The van der Waals surface area contributed by atoms with Crippen molar-refractivity contribution in [1.82, 2.24) is 5.43 Å². The van der Waals surface area contributed by atoms with E-state index in [2.05, 4.69) is 12.3 Å². The van der Waals surface area contributed by atoms with Gasteiger partial charge in [0.25, 0.3) is 0 Å². The Hall–Kier alpha value is -1.14. The molecule has 1 saturated carbocycles. The molecule has 2 rings (SSSR count). The van der Waals surface area contributed by atoms with Crippen LogP contribution in [0.4, 0.5) is 17.6 Å². The third kappa shape index (κ3) is 3.12. The first-order valence-electron chi connectivity index (χ1n) is 6.65. The predicted octanol–water partition coefficient (Wildman–Crippen LogP) is 3.79. The minimum atomic E-state index is -4.67. The second kappa shape index (κ2) is 5.69. The average Bonchev–Trinajstić information content (AvgIpc) is 2.75. The molecule has 0 saturated heterocycles. The Balaban J connectivity index is 2.25. The number of halogens is 4. The van der Waals surface area contributed by atoms with Crippen molar-refractivity contribution in [3.63, 3.8) is 0 Å². The molecule has 2 nitrogen and oxygen atoms in total. The van der Waals surface area contributed by atoms with Crippen LogP contribution in [0.2, 0.25) is 0 Å². The lowest BCUT2D eigenvalue weighted by atomic mass is 9.91. The van der Waals surface area contributed by atoms with Crippen molar-refractivity contribution in [1.29, 1.82) is 0 Å². The Morgan fingerprint density at radius 2 is 2.00 bits per heavy atom. The van der Waals surface area contributed by atoms with E-state index >= 15 is 0 Å². The highest BCUT2D eigenvalue weighted by molar-refractivity contribution is 5.29. The van der Waals surface area contributed by atoms with Crippen molar-refractivity contribution >= 4 is 0 Å². The molecule has 112 valence electrons. The van der Waals surface area contributed by atoms with E-state index in [4.69, 9.17) is 5.84 Å². The molecule has 20 heavy (non-hydrogen) atoms. The van der Waals surface area contributed by atoms with Gasteiger partial charge in [0.1, 0.15) is 5.82 Å². The Kier molecular flexibility index (Phi) is 4.34. The lowest BCUT2D eigenvalue weighted by Gasteiger charge is -2.24. The van der Waals surface area contributed by atoms with Gasteiger partial charge in [-0.3, -0.25) is 11.3 Å². The number of nitrogens with two attached hydrogens (primary N) is 1. The van der Waals surface area contributed by atoms with Crippen LogP contribution in [0, 0.1) is 17.7 Å². The van der Waals surface area contributed by atoms with E-state index in [1.54, 1.807) is 0 Å². The highest BCUT2D eigenvalue weighted by Crippen LogP contribution is 2.39. The maximum atomic E-state index is 13.6. The quantitative estimate of drug-likeness (QED) is 0.505. The molecule has 0 spiro atoms. The van der Waals surface area contributed by atoms with Gasteiger partial charge in [-0.05, 0) is 42.4 Å². The third-order valence-electron chi connectivity index (χ3n) is 4.04. The first kappa shape index (κ1) is 15.3. The second-order valence-corrected chi connectivity index (χ2v) is 5.56. The fourth-order valence-electron chi connectivity index (χ4n) is 3.01. The summed E-state index contributed by atoms with van der Waals surface area (Å²) in [4.78, 5) is 0. The summed E-state index contributed by atoms with van der Waals surface area (Å²) in [7, 11) is 0. The van der Waals surface area contributed by atoms with E-state index < -0.39 is 17.6 Å². The van der Waals surface area contributed by atoms with E-state index in [1.807, 2.05) is 0 Å². The van der Waals surface area contributed by atoms with E-state index in [1.165, 1.54) is 6.07 Å². The zero-order valence-corrected chi connectivity index (χ0v) is 11.2. The molecule has 1 aliphatic carbocycles. The van der Waals surface area contributed by atoms with Crippen LogP contribution in [0.25, 0.3) is 0 Å². The topological polar surface area (TPSA) is 38.0 Å². The largest absolute Gasteiger partial charge is 0.419 e. The summed E-state index contributed by atoms with van der Waals surface area (Å²) in [5.41, 5.74) is 1.85. The van der Waals surface area contributed by atoms with Crippen LogP contribution in [-0.4, -0.2) is 0 Å². The first-order chi connectivity index (χ1) is 9.32. The van der Waals surface area contributed by atoms with Crippen LogP contribution in [0.15, 0.2) is 18.2 Å². The van der Waals surface area contributed by atoms with Crippen molar-refractivity contribution in [3.8, 4) is 0 Å². The van der Waals surface area contributed by atoms with E-state index in [0.29, 0.717) is 11.5 Å². The molecule has 0 bridgehead atoms. The lowest BCUT2D eigenvalue weighted by molar-refractivity contribution is -0.140. The fourth-order valence-corrected chi connectivity index (χ4v) is 3.01. The molecule has 1 aromatic carbocycles. The predicted molar refractivity (Wildman–Crippen MR) is 68.0 cm³/mol. The number of rotatable bonds is 3. The van der Waals surface area contributed by atoms with Gasteiger partial charge in [-0.2, -0.15) is 13.2 Å². The normalized spacial score (nSPS) is 24.9. The Morgan fingerprint density at radius 1 is 1.30 bits per heavy atom. The van der Waals surface area contributed by atoms with Gasteiger partial charge in [0, 0.05) is 6.04 Å². The molecule has 1 aliphatic rings. The summed E-state index contributed by atoms with van der Waals surface area (Å²) in [5, 5.41) is 0. The molecule has 0 aromatic heterocycles. The maximum Gasteiger partial charge on any atom is 0.419 e. The van der Waals surface area contributed by atoms with Gasteiger partial charge in [-0.1, -0.05) is 19.4 Å². The molecule has 0 radical (unpaired) electrons. The highest BCUT2D eigenvalue weighted by atomic mass is 19.4. The molecular formula is C14H18F4N2. The van der Waals surface area contributed by atoms with E-state index in [0.717, 1.165) is 31.4 Å². The van der Waals surface area contributed by atoms with Gasteiger partial charge in [0.2, 0.25) is 0 Å². The van der Waals surface area contributed by atoms with Gasteiger partial charge < -0.3 is 0 Å². The minimum Gasteiger partial charge on any atom is -0.271 e. The molecule has 6 heteroatoms. The summed E-state index contributed by atoms with van der Waals surface area (Å²) >= 11 is 0. The fraction of sp³-hybridized carbons (Fsp3) is 0.571. The molecule has 3 unspecified atom stereocenters. The van der Waals surface area contributed by atoms with Crippen LogP contribution in [0.1, 0.15) is 43.4 Å². The summed E-state index contributed by atoms with van der Waals surface area (Å²) < 4.78 is 51.2. The summed E-state index contributed by atoms with van der Waals surface area (Å²) in [6.07, 6.45) is -1.72. The Morgan fingerprint density at radius 3 is 2.45 bits per heavy atom. The summed E-state index contributed by atoms with van der Waals surface area (Å²) in [5.74, 6) is 5.05. The van der Waals surface area contributed by atoms with Gasteiger partial charge in [0.05, 0.1) is 5.56 Å². The SMILES string of the molecule is CC1CCC(C(NN)c2ccc(C(F)(F)F)c(F)c2)C1. The molecule has 3 N–H and O–H groups in total. The number of hydrogen-bond acceptors (Lipinski definition) is 2. The maximum absolute atomic E-state index is 13.6. The smallest absolute Gasteiger partial charge is 0.271 e. The molecule has 0 amide bonds. The molecular weight excluding hydrogens is 272 g/mol. The van der Waals surface area contributed by atoms with Gasteiger partial charge in [0.15, 0.2) is 0 Å². The van der Waals surface area contributed by atoms with Crippen LogP contribution in [0.3, 0.4) is 0 Å². The standard InChI is InChI=1S/C14H18F4N2/c1-8-2-3-9(6-8)13(20-19)10-4-5-11(12(15)7-10)14(16,17)18/h4-5,7-9,13,20H,2-3,6,19H2,1H3. The second-order valence-electron chi connectivity index (χ2n) is 5.56. The zero-order valence-electron chi connectivity index (χ0n) is 11.2. The van der Waals surface area contributed by atoms with Crippen molar-refractivity contribution in [2.45, 2.75) is 38.4 Å². The molecule has 0 heterocycles. The zero-order chi connectivity index (χ0) is 14.9. The molecule has 3 atom stereocenters. The number of benzene rings is 1. The van der Waals surface area contributed by atoms with Crippen molar-refractivity contribution in [2.75, 3.05) is 0 Å². The van der Waals surface area contributed by atoms with Crippen molar-refractivity contribution < 1.29 is 17.6 Å². The molecule has 1 aromatic rings. The number of hydrogen-bond donors (Lipinski definition) is 2. The monoisotopic (exact) mass is 290 g/mol. The van der Waals surface area contributed by atoms with Gasteiger partial charge in [-0.15, -0.1) is 0 Å². The highest BCUT2D eigenvalue weighted by Gasteiger charge is 2.35. The first-order valence-corrected chi connectivity index (χ1v) is 6.65. The molecule has 1 fully saturated rings. The minimum absolute atomic E-state index is 0.228. The lowest BCUT2D eigenvalue weighted by Crippen LogP contribution is -2.33. The van der Waals surface area contributed by atoms with Crippen LogP contribution in [-0.2, 0) is 6.18 Å². The van der Waals surface area contributed by atoms with Gasteiger partial charge >= 0.3 is 6.18 Å². The van der Waals surface area contributed by atoms with Crippen molar-refractivity contribution in [3.05, 3.63) is 35.1 Å². The number of alkyl halides is 3. The van der Waals surface area contributed by atoms with Crippen LogP contribution in [0.5, 0.6) is 0 Å². The average molecular weight is 290 g/mol. The number of hydrazine groups is 1. The van der Waals surface area contributed by atoms with Gasteiger partial charge in [-0.25, -0.2) is 4.39 Å². The third-order valence-corrected chi connectivity index (χ3v) is 4.04. The number of nitrogens with one attached hydrogen (secondary N) is 1. The summed E-state index contributed by atoms with van der Waals surface area (Å²) in [6, 6.07) is 2.72. The van der Waals surface area contributed by atoms with E-state index in [9.17, 15) is 17.6 Å². The van der Waals surface area contributed by atoms with Crippen LogP contribution >= 0.6 is 0 Å². The van der Waals surface area contributed by atoms with Crippen LogP contribution < -0.4 is 11.3 Å². The molecule has 0 aliphatic heterocycles. The summed E-state index contributed by atoms with van der Waals surface area (Å²) in [6.45, 7) is 2.13. The van der Waals surface area contributed by atoms with Crippen molar-refractivity contribution in [2.24, 2.45) is 17.7 Å². The Bertz CT molecular complexity index is 473.